The van der Waals surface area contributed by atoms with Crippen LogP contribution in [0.3, 0.4) is 0 Å². The zero-order chi connectivity index (χ0) is 10.5. The molecule has 0 heterocycles. The quantitative estimate of drug-likeness (QED) is 0.677. The van der Waals surface area contributed by atoms with Gasteiger partial charge in [-0.15, -0.1) is 0 Å². The molecule has 0 aromatic carbocycles. The molecular formula is C11H19NO. The Labute approximate surface area is 80.9 Å². The maximum Gasteiger partial charge on any atom is 0.0908 e. The Bertz CT molecular complexity index is 215. The van der Waals surface area contributed by atoms with E-state index in [9.17, 15) is 5.11 Å². The van der Waals surface area contributed by atoms with Crippen molar-refractivity contribution in [3.63, 3.8) is 0 Å². The lowest BCUT2D eigenvalue weighted by Gasteiger charge is -2.25. The summed E-state index contributed by atoms with van der Waals surface area (Å²) in [5, 5.41) is 17.9. The highest BCUT2D eigenvalue weighted by Crippen LogP contribution is 2.27. The first kappa shape index (κ1) is 12.2. The molecule has 0 atom stereocenters. The molecule has 0 aliphatic carbocycles. The molecule has 1 N–H and O–H groups in total. The van der Waals surface area contributed by atoms with Crippen molar-refractivity contribution in [1.82, 2.24) is 0 Å². The van der Waals surface area contributed by atoms with E-state index in [-0.39, 0.29) is 5.41 Å². The van der Waals surface area contributed by atoms with Crippen LogP contribution in [-0.4, -0.2) is 10.7 Å². The van der Waals surface area contributed by atoms with Crippen molar-refractivity contribution >= 4 is 0 Å². The minimum Gasteiger partial charge on any atom is -0.390 e. The van der Waals surface area contributed by atoms with Gasteiger partial charge in [0, 0.05) is 6.08 Å². The van der Waals surface area contributed by atoms with Crippen LogP contribution < -0.4 is 0 Å². The molecule has 0 rings (SSSR count). The number of hydrogen-bond donors (Lipinski definition) is 1. The second-order valence-corrected chi connectivity index (χ2v) is 4.76. The molecule has 13 heavy (non-hydrogen) atoms. The van der Waals surface area contributed by atoms with Crippen molar-refractivity contribution in [2.24, 2.45) is 5.41 Å². The predicted octanol–water partition coefficient (Wildman–Crippen LogP) is 2.64. The molecule has 0 amide bonds. The van der Waals surface area contributed by atoms with Gasteiger partial charge in [-0.1, -0.05) is 19.9 Å². The smallest absolute Gasteiger partial charge is 0.0908 e. The highest BCUT2D eigenvalue weighted by molar-refractivity contribution is 5.07. The molecule has 2 heteroatoms. The van der Waals surface area contributed by atoms with E-state index in [1.165, 1.54) is 6.08 Å². The first-order valence-corrected chi connectivity index (χ1v) is 4.57. The third-order valence-electron chi connectivity index (χ3n) is 1.99. The lowest BCUT2D eigenvalue weighted by molar-refractivity contribution is 0.0606. The molecule has 2 nitrogen and oxygen atoms in total. The topological polar surface area (TPSA) is 44.0 Å². The summed E-state index contributed by atoms with van der Waals surface area (Å²) in [5.41, 5.74) is -0.618. The maximum absolute atomic E-state index is 9.52. The van der Waals surface area contributed by atoms with Gasteiger partial charge in [0.2, 0.25) is 0 Å². The summed E-state index contributed by atoms with van der Waals surface area (Å²) in [4.78, 5) is 0. The lowest BCUT2D eigenvalue weighted by Crippen LogP contribution is -2.21. The summed E-state index contributed by atoms with van der Waals surface area (Å²) in [5.74, 6) is 0. The summed E-state index contributed by atoms with van der Waals surface area (Å²) in [6, 6.07) is 1.98. The Kier molecular flexibility index (Phi) is 4.16. The van der Waals surface area contributed by atoms with Crippen molar-refractivity contribution in [3.05, 3.63) is 12.2 Å². The van der Waals surface area contributed by atoms with Gasteiger partial charge in [-0.25, -0.2) is 0 Å². The first-order chi connectivity index (χ1) is 5.77. The molecule has 0 radical (unpaired) electrons. The Morgan fingerprint density at radius 1 is 1.23 bits per heavy atom. The minimum absolute atomic E-state index is 0.00424. The molecular weight excluding hydrogens is 162 g/mol. The van der Waals surface area contributed by atoms with Gasteiger partial charge in [-0.05, 0) is 32.1 Å². The molecule has 0 aromatic rings. The first-order valence-electron chi connectivity index (χ1n) is 4.57. The molecule has 0 spiro atoms. The molecule has 0 saturated heterocycles. The Balaban J connectivity index is 4.05. The molecule has 0 aliphatic heterocycles. The van der Waals surface area contributed by atoms with Crippen LogP contribution in [0.2, 0.25) is 0 Å². The summed E-state index contributed by atoms with van der Waals surface area (Å²) in [7, 11) is 0. The zero-order valence-corrected chi connectivity index (χ0v) is 8.96. The van der Waals surface area contributed by atoms with E-state index in [0.29, 0.717) is 0 Å². The number of nitriles is 1. The summed E-state index contributed by atoms with van der Waals surface area (Å²) >= 11 is 0. The number of hydrogen-bond acceptors (Lipinski definition) is 2. The lowest BCUT2D eigenvalue weighted by atomic mass is 9.84. The molecule has 0 saturated carbocycles. The monoisotopic (exact) mass is 181 g/mol. The van der Waals surface area contributed by atoms with Gasteiger partial charge in [-0.2, -0.15) is 5.26 Å². The third kappa shape index (κ3) is 7.55. The second kappa shape index (κ2) is 4.43. The molecule has 74 valence electrons. The fraction of sp³-hybridized carbons (Fsp3) is 0.727. The molecule has 0 aromatic heterocycles. The summed E-state index contributed by atoms with van der Waals surface area (Å²) in [6.07, 6.45) is 5.02. The van der Waals surface area contributed by atoms with Crippen LogP contribution in [0.25, 0.3) is 0 Å². The SMILES string of the molecule is CC(C)(O)CCC(C)(C)/C=C/C#N. The van der Waals surface area contributed by atoms with Crippen LogP contribution in [0, 0.1) is 16.7 Å². The van der Waals surface area contributed by atoms with Crippen LogP contribution in [0.4, 0.5) is 0 Å². The molecule has 0 unspecified atom stereocenters. The highest BCUT2D eigenvalue weighted by Gasteiger charge is 2.19. The van der Waals surface area contributed by atoms with Gasteiger partial charge in [0.25, 0.3) is 0 Å². The fourth-order valence-corrected chi connectivity index (χ4v) is 0.974. The van der Waals surface area contributed by atoms with Gasteiger partial charge < -0.3 is 5.11 Å². The standard InChI is InChI=1S/C11H19NO/c1-10(2,6-5-9-12)7-8-11(3,4)13/h5-6,13H,7-8H2,1-4H3/b6-5+. The zero-order valence-electron chi connectivity index (χ0n) is 8.96. The number of nitrogens with zero attached hydrogens (tertiary/aromatic N) is 1. The largest absolute Gasteiger partial charge is 0.390 e. The van der Waals surface area contributed by atoms with Gasteiger partial charge in [0.15, 0.2) is 0 Å². The average molecular weight is 181 g/mol. The fourth-order valence-electron chi connectivity index (χ4n) is 0.974. The van der Waals surface area contributed by atoms with E-state index in [1.807, 2.05) is 12.1 Å². The molecule has 0 aliphatic rings. The van der Waals surface area contributed by atoms with Crippen LogP contribution in [0.5, 0.6) is 0 Å². The van der Waals surface area contributed by atoms with E-state index >= 15 is 0 Å². The van der Waals surface area contributed by atoms with Gasteiger partial charge >= 0.3 is 0 Å². The second-order valence-electron chi connectivity index (χ2n) is 4.76. The van der Waals surface area contributed by atoms with Gasteiger partial charge in [-0.3, -0.25) is 0 Å². The highest BCUT2D eigenvalue weighted by atomic mass is 16.3. The van der Waals surface area contributed by atoms with Crippen molar-refractivity contribution in [3.8, 4) is 6.07 Å². The van der Waals surface area contributed by atoms with Crippen LogP contribution in [0.15, 0.2) is 12.2 Å². The number of allylic oxidation sites excluding steroid dienone is 2. The van der Waals surface area contributed by atoms with Crippen LogP contribution in [-0.2, 0) is 0 Å². The van der Waals surface area contributed by atoms with E-state index in [4.69, 9.17) is 5.26 Å². The van der Waals surface area contributed by atoms with Gasteiger partial charge in [0.05, 0.1) is 11.7 Å². The normalized spacial score (nSPS) is 13.2. The maximum atomic E-state index is 9.52. The Hall–Kier alpha value is -0.810. The van der Waals surface area contributed by atoms with Gasteiger partial charge in [0.1, 0.15) is 0 Å². The number of aliphatic hydroxyl groups is 1. The Morgan fingerprint density at radius 2 is 1.77 bits per heavy atom. The minimum atomic E-state index is -0.613. The van der Waals surface area contributed by atoms with E-state index < -0.39 is 5.60 Å². The van der Waals surface area contributed by atoms with Crippen molar-refractivity contribution in [2.45, 2.75) is 46.1 Å². The van der Waals surface area contributed by atoms with E-state index in [0.717, 1.165) is 12.8 Å². The summed E-state index contributed by atoms with van der Waals surface area (Å²) in [6.45, 7) is 7.73. The van der Waals surface area contributed by atoms with Crippen molar-refractivity contribution in [2.75, 3.05) is 0 Å². The Morgan fingerprint density at radius 3 is 2.15 bits per heavy atom. The third-order valence-corrected chi connectivity index (χ3v) is 1.99. The average Bonchev–Trinajstić information content (AvgIpc) is 1.97. The predicted molar refractivity (Wildman–Crippen MR) is 54.1 cm³/mol. The number of rotatable bonds is 4. The van der Waals surface area contributed by atoms with Crippen LogP contribution >= 0.6 is 0 Å². The van der Waals surface area contributed by atoms with Crippen LogP contribution in [0.1, 0.15) is 40.5 Å². The molecule has 0 bridgehead atoms. The van der Waals surface area contributed by atoms with E-state index in [1.54, 1.807) is 13.8 Å². The van der Waals surface area contributed by atoms with E-state index in [2.05, 4.69) is 13.8 Å². The summed E-state index contributed by atoms with van der Waals surface area (Å²) < 4.78 is 0. The van der Waals surface area contributed by atoms with Crippen molar-refractivity contribution in [1.29, 1.82) is 5.26 Å². The van der Waals surface area contributed by atoms with Crippen molar-refractivity contribution < 1.29 is 5.11 Å². The molecule has 0 fully saturated rings.